The molecule has 0 saturated carbocycles. The van der Waals surface area contributed by atoms with Gasteiger partial charge in [0.2, 0.25) is 11.8 Å². The number of ether oxygens (including phenoxy) is 1. The average Bonchev–Trinajstić information content (AvgIpc) is 3.23. The fourth-order valence-electron chi connectivity index (χ4n) is 6.06. The number of aryl methyl sites for hydroxylation is 1. The fraction of sp³-hybridized carbons (Fsp3) is 0.647. The molecule has 1 fully saturated rings. The first kappa shape index (κ1) is 35.1. The second-order valence-electron chi connectivity index (χ2n) is 13.4. The Morgan fingerprint density at radius 1 is 1.07 bits per heavy atom. The number of likely N-dealkylation sites (tertiary alicyclic amines) is 1. The molecule has 2 aromatic rings. The van der Waals surface area contributed by atoms with E-state index < -0.39 is 23.3 Å². The predicted molar refractivity (Wildman–Crippen MR) is 174 cm³/mol. The summed E-state index contributed by atoms with van der Waals surface area (Å²) in [5, 5.41) is 10.7. The van der Waals surface area contributed by atoms with E-state index in [-0.39, 0.29) is 17.7 Å². The smallest absolute Gasteiger partial charge is 0.408 e. The van der Waals surface area contributed by atoms with Gasteiger partial charge < -0.3 is 20.3 Å². The summed E-state index contributed by atoms with van der Waals surface area (Å²) in [4.78, 5) is 45.1. The van der Waals surface area contributed by atoms with Gasteiger partial charge in [0.1, 0.15) is 17.2 Å². The number of likely N-dealkylation sites (N-methyl/N-ethyl adjacent to an activating group) is 1. The van der Waals surface area contributed by atoms with E-state index in [1.807, 2.05) is 69.6 Å². The van der Waals surface area contributed by atoms with Crippen LogP contribution in [0.4, 0.5) is 4.79 Å². The monoisotopic (exact) mass is 610 g/mol. The average molecular weight is 611 g/mol. The standard InChI is InChI=1S/C34H54N6O4/c1-10-19-39(30(41)29(22-24(3)4)36-32(43)44-33(7,8)9)34(31(42)35-11-2)17-20-38(21-18-34)23-28-25(5)37-40(26(28)6)27-15-13-12-14-16-27/h12-16,24,29H,10-11,17-23H2,1-9H3,(H,35,42)(H,36,43). The molecule has 1 aromatic carbocycles. The van der Waals surface area contributed by atoms with Crippen LogP contribution in [-0.4, -0.2) is 80.8 Å². The van der Waals surface area contributed by atoms with Crippen LogP contribution in [0.15, 0.2) is 30.3 Å². The molecule has 244 valence electrons. The number of para-hydroxylation sites is 1. The lowest BCUT2D eigenvalue weighted by molar-refractivity contribution is -0.153. The number of amides is 3. The van der Waals surface area contributed by atoms with Crippen molar-refractivity contribution in [3.05, 3.63) is 47.3 Å². The zero-order valence-electron chi connectivity index (χ0n) is 28.3. The summed E-state index contributed by atoms with van der Waals surface area (Å²) in [6, 6.07) is 9.32. The second kappa shape index (κ2) is 15.1. The highest BCUT2D eigenvalue weighted by molar-refractivity contribution is 5.94. The Bertz CT molecular complexity index is 1260. The van der Waals surface area contributed by atoms with Gasteiger partial charge in [-0.3, -0.25) is 14.5 Å². The van der Waals surface area contributed by atoms with E-state index in [1.165, 1.54) is 5.56 Å². The van der Waals surface area contributed by atoms with Crippen molar-refractivity contribution in [3.8, 4) is 5.69 Å². The van der Waals surface area contributed by atoms with Crippen LogP contribution in [0.25, 0.3) is 5.69 Å². The topological polar surface area (TPSA) is 109 Å². The molecule has 10 nitrogen and oxygen atoms in total. The van der Waals surface area contributed by atoms with Gasteiger partial charge >= 0.3 is 6.09 Å². The highest BCUT2D eigenvalue weighted by atomic mass is 16.6. The lowest BCUT2D eigenvalue weighted by Gasteiger charge is -2.48. The van der Waals surface area contributed by atoms with E-state index in [0.29, 0.717) is 58.4 Å². The van der Waals surface area contributed by atoms with Crippen LogP contribution in [0, 0.1) is 19.8 Å². The third-order valence-electron chi connectivity index (χ3n) is 8.19. The molecule has 0 aliphatic carbocycles. The summed E-state index contributed by atoms with van der Waals surface area (Å²) >= 11 is 0. The minimum atomic E-state index is -1.01. The molecule has 3 amide bonds. The van der Waals surface area contributed by atoms with Crippen molar-refractivity contribution < 1.29 is 19.1 Å². The number of hydrogen-bond acceptors (Lipinski definition) is 6. The van der Waals surface area contributed by atoms with Crippen molar-refractivity contribution in [1.82, 2.24) is 30.2 Å². The largest absolute Gasteiger partial charge is 0.444 e. The van der Waals surface area contributed by atoms with E-state index >= 15 is 0 Å². The molecule has 1 aromatic heterocycles. The van der Waals surface area contributed by atoms with E-state index in [0.717, 1.165) is 17.1 Å². The number of rotatable bonds is 12. The Morgan fingerprint density at radius 2 is 1.70 bits per heavy atom. The lowest BCUT2D eigenvalue weighted by Crippen LogP contribution is -2.67. The molecule has 1 aliphatic rings. The Balaban J connectivity index is 1.87. The number of carbonyl (C=O) groups is 3. The van der Waals surface area contributed by atoms with Gasteiger partial charge in [-0.2, -0.15) is 5.10 Å². The number of aromatic nitrogens is 2. The molecule has 0 bridgehead atoms. The number of carbonyl (C=O) groups excluding carboxylic acids is 3. The molecule has 2 N–H and O–H groups in total. The van der Waals surface area contributed by atoms with Gasteiger partial charge in [-0.05, 0) is 85.3 Å². The third-order valence-corrected chi connectivity index (χ3v) is 8.19. The first-order chi connectivity index (χ1) is 20.7. The van der Waals surface area contributed by atoms with E-state index in [1.54, 1.807) is 25.7 Å². The first-order valence-corrected chi connectivity index (χ1v) is 16.1. The summed E-state index contributed by atoms with van der Waals surface area (Å²) in [7, 11) is 0. The van der Waals surface area contributed by atoms with Gasteiger partial charge in [-0.1, -0.05) is 39.0 Å². The fourth-order valence-corrected chi connectivity index (χ4v) is 6.06. The molecule has 1 saturated heterocycles. The highest BCUT2D eigenvalue weighted by Gasteiger charge is 2.49. The Kier molecular flexibility index (Phi) is 12.0. The lowest BCUT2D eigenvalue weighted by atomic mass is 9.83. The maximum atomic E-state index is 14.3. The number of benzene rings is 1. The summed E-state index contributed by atoms with van der Waals surface area (Å²) in [6.45, 7) is 20.4. The van der Waals surface area contributed by atoms with E-state index in [2.05, 4.69) is 22.5 Å². The number of nitrogens with zero attached hydrogens (tertiary/aromatic N) is 4. The molecule has 0 spiro atoms. The van der Waals surface area contributed by atoms with Crippen LogP contribution in [0.3, 0.4) is 0 Å². The molecular weight excluding hydrogens is 556 g/mol. The predicted octanol–water partition coefficient (Wildman–Crippen LogP) is 5.14. The van der Waals surface area contributed by atoms with Crippen molar-refractivity contribution in [2.24, 2.45) is 5.92 Å². The van der Waals surface area contributed by atoms with Gasteiger partial charge in [0.15, 0.2) is 0 Å². The van der Waals surface area contributed by atoms with Gasteiger partial charge in [-0.25, -0.2) is 9.48 Å². The van der Waals surface area contributed by atoms with E-state index in [9.17, 15) is 14.4 Å². The number of hydrogen-bond donors (Lipinski definition) is 2. The molecule has 3 rings (SSSR count). The van der Waals surface area contributed by atoms with Crippen LogP contribution in [0.1, 0.15) is 91.1 Å². The molecule has 0 radical (unpaired) electrons. The Hall–Kier alpha value is -3.40. The SMILES string of the molecule is CCCN(C(=O)C(CC(C)C)NC(=O)OC(C)(C)C)C1(C(=O)NCC)CCN(Cc2c(C)nn(-c3ccccc3)c2C)CC1. The van der Waals surface area contributed by atoms with Crippen molar-refractivity contribution >= 4 is 17.9 Å². The summed E-state index contributed by atoms with van der Waals surface area (Å²) in [6.07, 6.45) is 1.50. The second-order valence-corrected chi connectivity index (χ2v) is 13.4. The normalized spacial score (nSPS) is 16.0. The molecule has 1 aliphatic heterocycles. The van der Waals surface area contributed by atoms with Crippen LogP contribution >= 0.6 is 0 Å². The summed E-state index contributed by atoms with van der Waals surface area (Å²) < 4.78 is 7.49. The molecule has 1 atom stereocenters. The maximum absolute atomic E-state index is 14.3. The van der Waals surface area contributed by atoms with Crippen LogP contribution in [0.2, 0.25) is 0 Å². The zero-order chi connectivity index (χ0) is 32.7. The maximum Gasteiger partial charge on any atom is 0.408 e. The zero-order valence-corrected chi connectivity index (χ0v) is 28.3. The number of alkyl carbamates (subject to hydrolysis) is 1. The van der Waals surface area contributed by atoms with Crippen LogP contribution < -0.4 is 10.6 Å². The van der Waals surface area contributed by atoms with Crippen LogP contribution in [0.5, 0.6) is 0 Å². The molecule has 44 heavy (non-hydrogen) atoms. The summed E-state index contributed by atoms with van der Waals surface area (Å²) in [5.74, 6) is -0.221. The minimum Gasteiger partial charge on any atom is -0.444 e. The third kappa shape index (κ3) is 8.61. The van der Waals surface area contributed by atoms with Gasteiger partial charge in [-0.15, -0.1) is 0 Å². The molecule has 2 heterocycles. The number of nitrogens with one attached hydrogen (secondary N) is 2. The minimum absolute atomic E-state index is 0.133. The van der Waals surface area contributed by atoms with Crippen molar-refractivity contribution in [3.63, 3.8) is 0 Å². The molecule has 1 unspecified atom stereocenters. The number of piperidine rings is 1. The van der Waals surface area contributed by atoms with E-state index in [4.69, 9.17) is 9.84 Å². The van der Waals surface area contributed by atoms with Crippen molar-refractivity contribution in [1.29, 1.82) is 0 Å². The quantitative estimate of drug-likeness (QED) is 0.345. The first-order valence-electron chi connectivity index (χ1n) is 16.1. The van der Waals surface area contributed by atoms with Crippen molar-refractivity contribution in [2.75, 3.05) is 26.2 Å². The van der Waals surface area contributed by atoms with Crippen molar-refractivity contribution in [2.45, 2.75) is 112 Å². The van der Waals surface area contributed by atoms with Gasteiger partial charge in [0.05, 0.1) is 11.4 Å². The van der Waals surface area contributed by atoms with Gasteiger partial charge in [0.25, 0.3) is 0 Å². The molecule has 10 heteroatoms. The summed E-state index contributed by atoms with van der Waals surface area (Å²) in [5.41, 5.74) is 2.59. The van der Waals surface area contributed by atoms with Gasteiger partial charge in [0, 0.05) is 44.0 Å². The highest BCUT2D eigenvalue weighted by Crippen LogP contribution is 2.33. The molecular formula is C34H54N6O4. The Labute approximate surface area is 263 Å². The Morgan fingerprint density at radius 3 is 2.25 bits per heavy atom. The van der Waals surface area contributed by atoms with Crippen LogP contribution in [-0.2, 0) is 20.9 Å².